The van der Waals surface area contributed by atoms with Gasteiger partial charge < -0.3 is 0 Å². The van der Waals surface area contributed by atoms with Crippen molar-refractivity contribution in [3.8, 4) is 0 Å². The molecule has 1 radical (unpaired) electrons. The van der Waals surface area contributed by atoms with Gasteiger partial charge in [0.1, 0.15) is 0 Å². The molecule has 0 saturated heterocycles. The van der Waals surface area contributed by atoms with E-state index in [9.17, 15) is 0 Å². The number of allylic oxidation sites excluding steroid dienone is 4. The number of unbranched alkanes of at least 4 members (excludes halogenated alkanes) is 4. The van der Waals surface area contributed by atoms with Gasteiger partial charge in [0.05, 0.1) is 0 Å². The molecule has 0 aliphatic heterocycles. The molecule has 0 nitrogen and oxygen atoms in total. The van der Waals surface area contributed by atoms with Gasteiger partial charge in [0.15, 0.2) is 0 Å². The van der Waals surface area contributed by atoms with Gasteiger partial charge in [0.2, 0.25) is 0 Å². The fraction of sp³-hybridized carbons (Fsp3) is 0.448. The monoisotopic (exact) mass is 461 g/mol. The van der Waals surface area contributed by atoms with Gasteiger partial charge in [-0.05, 0) is 0 Å². The SMILES string of the molecule is CCCCCC[CH2][Ge]([CH2]C)([CH2]C)[C]1=CC[C]=C1C(c1ccccc1)c1ccccc1. The Bertz CT molecular complexity index is 772. The van der Waals surface area contributed by atoms with Gasteiger partial charge in [-0.15, -0.1) is 0 Å². The topological polar surface area (TPSA) is 0 Å². The van der Waals surface area contributed by atoms with Gasteiger partial charge in [-0.1, -0.05) is 0 Å². The van der Waals surface area contributed by atoms with Crippen LogP contribution in [0.15, 0.2) is 76.7 Å². The van der Waals surface area contributed by atoms with Gasteiger partial charge in [-0.2, -0.15) is 0 Å². The maximum absolute atomic E-state index is 3.86. The molecule has 2 aromatic carbocycles. The molecule has 0 spiro atoms. The van der Waals surface area contributed by atoms with E-state index in [0.29, 0.717) is 5.92 Å². The van der Waals surface area contributed by atoms with Crippen molar-refractivity contribution in [2.75, 3.05) is 0 Å². The van der Waals surface area contributed by atoms with Crippen LogP contribution in [0.3, 0.4) is 0 Å². The van der Waals surface area contributed by atoms with Crippen LogP contribution in [0.4, 0.5) is 0 Å². The van der Waals surface area contributed by atoms with Crippen molar-refractivity contribution in [2.45, 2.75) is 81.0 Å². The fourth-order valence-electron chi connectivity index (χ4n) is 5.23. The Balaban J connectivity index is 1.92. The van der Waals surface area contributed by atoms with Crippen molar-refractivity contribution in [3.05, 3.63) is 93.9 Å². The minimum absolute atomic E-state index is 0.323. The van der Waals surface area contributed by atoms with Gasteiger partial charge in [0.25, 0.3) is 0 Å². The second-order valence-corrected chi connectivity index (χ2v) is 19.3. The summed E-state index contributed by atoms with van der Waals surface area (Å²) in [7, 11) is 0. The van der Waals surface area contributed by atoms with E-state index in [-0.39, 0.29) is 0 Å². The van der Waals surface area contributed by atoms with Crippen molar-refractivity contribution in [1.82, 2.24) is 0 Å². The summed E-state index contributed by atoms with van der Waals surface area (Å²) in [6, 6.07) is 22.2. The second-order valence-electron chi connectivity index (χ2n) is 8.82. The molecule has 1 aliphatic rings. The quantitative estimate of drug-likeness (QED) is 0.219. The molecule has 0 aromatic heterocycles. The van der Waals surface area contributed by atoms with E-state index in [0.717, 1.165) is 6.42 Å². The van der Waals surface area contributed by atoms with Crippen LogP contribution in [0.2, 0.25) is 15.8 Å². The van der Waals surface area contributed by atoms with Gasteiger partial charge >= 0.3 is 188 Å². The maximum atomic E-state index is 3.86. The summed E-state index contributed by atoms with van der Waals surface area (Å²) >= 11 is -2.13. The van der Waals surface area contributed by atoms with Crippen LogP contribution in [-0.2, 0) is 0 Å². The van der Waals surface area contributed by atoms with Crippen LogP contribution in [-0.4, -0.2) is 13.3 Å². The van der Waals surface area contributed by atoms with E-state index in [2.05, 4.69) is 93.6 Å². The Kier molecular flexibility index (Phi) is 9.06. The first kappa shape index (κ1) is 23.1. The third-order valence-electron chi connectivity index (χ3n) is 7.13. The molecule has 0 fully saturated rings. The zero-order valence-electron chi connectivity index (χ0n) is 19.3. The van der Waals surface area contributed by atoms with Crippen molar-refractivity contribution in [2.24, 2.45) is 0 Å². The summed E-state index contributed by atoms with van der Waals surface area (Å²) in [5, 5.41) is 4.29. The summed E-state index contributed by atoms with van der Waals surface area (Å²) in [5.41, 5.74) is 4.33. The van der Waals surface area contributed by atoms with E-state index in [1.165, 1.54) is 64.6 Å². The summed E-state index contributed by atoms with van der Waals surface area (Å²) in [5.74, 6) is 0.323. The molecule has 159 valence electrons. The van der Waals surface area contributed by atoms with Crippen LogP contribution in [0.1, 0.15) is 76.3 Å². The van der Waals surface area contributed by atoms with Gasteiger partial charge in [0, 0.05) is 0 Å². The molecule has 1 aliphatic carbocycles. The van der Waals surface area contributed by atoms with Gasteiger partial charge in [-0.25, -0.2) is 0 Å². The molecule has 1 heteroatoms. The van der Waals surface area contributed by atoms with Crippen molar-refractivity contribution >= 4 is 13.3 Å². The molecule has 0 saturated carbocycles. The Morgan fingerprint density at radius 1 is 0.767 bits per heavy atom. The molecule has 0 N–H and O–H groups in total. The van der Waals surface area contributed by atoms with Crippen LogP contribution < -0.4 is 0 Å². The molecule has 2 aromatic rings. The van der Waals surface area contributed by atoms with Crippen LogP contribution in [0, 0.1) is 6.08 Å². The van der Waals surface area contributed by atoms with Crippen molar-refractivity contribution in [3.63, 3.8) is 0 Å². The van der Waals surface area contributed by atoms with Gasteiger partial charge in [-0.3, -0.25) is 0 Å². The first-order valence-corrected chi connectivity index (χ1v) is 17.7. The van der Waals surface area contributed by atoms with Crippen LogP contribution >= 0.6 is 0 Å². The zero-order chi connectivity index (χ0) is 21.2. The molecule has 0 unspecified atom stereocenters. The molecule has 0 amide bonds. The number of hydrogen-bond donors (Lipinski definition) is 0. The summed E-state index contributed by atoms with van der Waals surface area (Å²) in [6.45, 7) is 7.27. The van der Waals surface area contributed by atoms with E-state index in [1.54, 1.807) is 4.41 Å². The molecular formula is C29H39Ge. The Morgan fingerprint density at radius 3 is 1.87 bits per heavy atom. The van der Waals surface area contributed by atoms with Crippen molar-refractivity contribution < 1.29 is 0 Å². The van der Waals surface area contributed by atoms with Crippen LogP contribution in [0.5, 0.6) is 0 Å². The average Bonchev–Trinajstić information content (AvgIpc) is 3.28. The first-order chi connectivity index (χ1) is 14.8. The van der Waals surface area contributed by atoms with Crippen molar-refractivity contribution in [1.29, 1.82) is 0 Å². The Morgan fingerprint density at radius 2 is 1.33 bits per heavy atom. The second kappa shape index (κ2) is 11.7. The van der Waals surface area contributed by atoms with E-state index < -0.39 is 13.3 Å². The van der Waals surface area contributed by atoms with E-state index in [4.69, 9.17) is 0 Å². The minimum atomic E-state index is -2.13. The normalized spacial score (nSPS) is 14.1. The predicted octanol–water partition coefficient (Wildman–Crippen LogP) is 8.88. The molecular weight excluding hydrogens is 421 g/mol. The molecule has 0 heterocycles. The zero-order valence-corrected chi connectivity index (χ0v) is 21.4. The number of hydrogen-bond acceptors (Lipinski definition) is 0. The molecule has 0 atom stereocenters. The predicted molar refractivity (Wildman–Crippen MR) is 134 cm³/mol. The third kappa shape index (κ3) is 5.38. The average molecular weight is 460 g/mol. The Hall–Kier alpha value is -1.54. The number of benzene rings is 2. The first-order valence-electron chi connectivity index (χ1n) is 12.2. The molecule has 3 rings (SSSR count). The summed E-state index contributed by atoms with van der Waals surface area (Å²) in [4.78, 5) is 0. The van der Waals surface area contributed by atoms with Crippen LogP contribution in [0.25, 0.3) is 0 Å². The molecule has 30 heavy (non-hydrogen) atoms. The van der Waals surface area contributed by atoms with E-state index >= 15 is 0 Å². The summed E-state index contributed by atoms with van der Waals surface area (Å²) in [6.07, 6.45) is 14.4. The third-order valence-corrected chi connectivity index (χ3v) is 18.9. The Labute approximate surface area is 187 Å². The van der Waals surface area contributed by atoms with E-state index in [1.807, 2.05) is 0 Å². The summed E-state index contributed by atoms with van der Waals surface area (Å²) < 4.78 is 1.77. The molecule has 0 bridgehead atoms. The fourth-order valence-corrected chi connectivity index (χ4v) is 14.7. The number of rotatable bonds is 12. The standard InChI is InChI=1S/C29H39Ge/c1-4-7-8-9-16-24-30(5-2,6-3)28-23-17-22-27(28)29(25-18-12-10-13-19-25)26-20-14-11-15-21-26/h10-15,18-21,23,29H,4-9,16-17,24H2,1-3H3.